The quantitative estimate of drug-likeness (QED) is 0.426. The Bertz CT molecular complexity index is 104. The fourth-order valence-electron chi connectivity index (χ4n) is 0.279. The van der Waals surface area contributed by atoms with Gasteiger partial charge in [0.2, 0.25) is 6.61 Å². The van der Waals surface area contributed by atoms with Gasteiger partial charge in [0.05, 0.1) is 0 Å². The van der Waals surface area contributed by atoms with Crippen LogP contribution in [0.25, 0.3) is 0 Å². The summed E-state index contributed by atoms with van der Waals surface area (Å²) in [5.41, 5.74) is 4.47. The van der Waals surface area contributed by atoms with Crippen molar-refractivity contribution in [2.45, 2.75) is 19.4 Å². The summed E-state index contributed by atoms with van der Waals surface area (Å²) in [5.74, 6) is -0.419. The highest BCUT2D eigenvalue weighted by molar-refractivity contribution is 5.79. The largest absolute Gasteiger partial charge is 0.422 e. The van der Waals surface area contributed by atoms with E-state index in [1.165, 1.54) is 0 Å². The van der Waals surface area contributed by atoms with E-state index in [4.69, 9.17) is 5.73 Å². The number of carbonyl (C=O) groups is 1. The van der Waals surface area contributed by atoms with Gasteiger partial charge in [-0.25, -0.2) is 4.79 Å². The number of esters is 1. The van der Waals surface area contributed by atoms with Crippen LogP contribution in [0.5, 0.6) is 0 Å². The van der Waals surface area contributed by atoms with Gasteiger partial charge in [-0.2, -0.15) is 0 Å². The molecule has 0 saturated heterocycles. The minimum absolute atomic E-state index is 0.138. The molecule has 0 radical (unpaired) electrons. The summed E-state index contributed by atoms with van der Waals surface area (Å²) in [6.45, 7) is 6.66. The molecule has 3 heteroatoms. The molecule has 0 aliphatic heterocycles. The molecule has 0 unspecified atom stereocenters. The summed E-state index contributed by atoms with van der Waals surface area (Å²) in [4.78, 5) is 10.7. The summed E-state index contributed by atoms with van der Waals surface area (Å²) in [7, 11) is 0. The van der Waals surface area contributed by atoms with Gasteiger partial charge < -0.3 is 10.5 Å². The third-order valence-electron chi connectivity index (χ3n) is 0.759. The maximum atomic E-state index is 10.7. The molecule has 2 N–H and O–H groups in total. The molecule has 0 spiro atoms. The Morgan fingerprint density at radius 3 is 2.33 bits per heavy atom. The first-order valence-electron chi connectivity index (χ1n) is 2.74. The molecule has 0 amide bonds. The maximum Gasteiger partial charge on any atom is 0.328 e. The van der Waals surface area contributed by atoms with E-state index in [0.717, 1.165) is 0 Å². The lowest BCUT2D eigenvalue weighted by molar-refractivity contribution is -0.147. The number of rotatable bonds is 2. The third-order valence-corrected chi connectivity index (χ3v) is 0.759. The number of hydrogen-bond acceptors (Lipinski definition) is 3. The van der Waals surface area contributed by atoms with Crippen molar-refractivity contribution in [1.29, 1.82) is 0 Å². The predicted molar refractivity (Wildman–Crippen MR) is 34.6 cm³/mol. The second kappa shape index (κ2) is 2.73. The Balaban J connectivity index is 3.74. The Hall–Kier alpha value is -0.700. The zero-order chi connectivity index (χ0) is 7.49. The summed E-state index contributed by atoms with van der Waals surface area (Å²) in [6.07, 6.45) is 0. The zero-order valence-corrected chi connectivity index (χ0v) is 5.81. The van der Waals surface area contributed by atoms with E-state index in [1.807, 2.05) is 0 Å². The van der Waals surface area contributed by atoms with Crippen LogP contribution in [0.1, 0.15) is 13.8 Å². The molecule has 0 heterocycles. The summed E-state index contributed by atoms with van der Waals surface area (Å²) >= 11 is 0. The maximum absolute atomic E-state index is 10.7. The van der Waals surface area contributed by atoms with Gasteiger partial charge in [-0.15, -0.1) is 0 Å². The molecule has 0 bridgehead atoms. The highest BCUT2D eigenvalue weighted by Gasteiger charge is 2.23. The van der Waals surface area contributed by atoms with E-state index in [0.29, 0.717) is 0 Å². The number of nitrogens with two attached hydrogens (primary N) is 1. The molecule has 0 saturated carbocycles. The summed E-state index contributed by atoms with van der Waals surface area (Å²) < 4.78 is 4.53. The van der Waals surface area contributed by atoms with Crippen molar-refractivity contribution < 1.29 is 9.53 Å². The average Bonchev–Trinajstić information content (AvgIpc) is 1.64. The molecule has 9 heavy (non-hydrogen) atoms. The fraction of sp³-hybridized carbons (Fsp3) is 0.667. The molecular formula is C6H12NO2+. The molecule has 0 aliphatic rings. The lowest BCUT2D eigenvalue weighted by atomic mass is 10.1. The van der Waals surface area contributed by atoms with Crippen molar-refractivity contribution in [3.63, 3.8) is 0 Å². The van der Waals surface area contributed by atoms with E-state index >= 15 is 0 Å². The second-order valence-corrected chi connectivity index (χ2v) is 2.36. The van der Waals surface area contributed by atoms with Crippen LogP contribution in [0, 0.1) is 6.92 Å². The summed E-state index contributed by atoms with van der Waals surface area (Å²) in [5, 5.41) is 0. The lowest BCUT2D eigenvalue weighted by Crippen LogP contribution is -2.42. The molecule has 52 valence electrons. The monoisotopic (exact) mass is 130 g/mol. The third kappa shape index (κ3) is 2.98. The van der Waals surface area contributed by atoms with E-state index < -0.39 is 11.5 Å². The first-order chi connectivity index (χ1) is 3.98. The molecule has 0 aromatic heterocycles. The van der Waals surface area contributed by atoms with Gasteiger partial charge in [-0.05, 0) is 13.8 Å². The van der Waals surface area contributed by atoms with Gasteiger partial charge in [0, 0.05) is 0 Å². The SMILES string of the molecule is [CH2+]COC(=O)C(C)(C)N. The molecule has 3 nitrogen and oxygen atoms in total. The second-order valence-electron chi connectivity index (χ2n) is 2.36. The van der Waals surface area contributed by atoms with Crippen LogP contribution in [-0.4, -0.2) is 18.1 Å². The van der Waals surface area contributed by atoms with Crippen LogP contribution in [0.4, 0.5) is 0 Å². The van der Waals surface area contributed by atoms with E-state index in [9.17, 15) is 4.79 Å². The highest BCUT2D eigenvalue weighted by Crippen LogP contribution is 1.98. The van der Waals surface area contributed by atoms with Crippen molar-refractivity contribution in [3.8, 4) is 0 Å². The van der Waals surface area contributed by atoms with Gasteiger partial charge in [0.25, 0.3) is 0 Å². The van der Waals surface area contributed by atoms with E-state index in [2.05, 4.69) is 11.7 Å². The Morgan fingerprint density at radius 1 is 1.78 bits per heavy atom. The molecular weight excluding hydrogens is 118 g/mol. The molecule has 0 aromatic rings. The van der Waals surface area contributed by atoms with E-state index in [-0.39, 0.29) is 6.61 Å². The molecule has 0 fully saturated rings. The number of ether oxygens (including phenoxy) is 1. The molecule has 0 atom stereocenters. The van der Waals surface area contributed by atoms with Crippen LogP contribution in [0.15, 0.2) is 0 Å². The normalized spacial score (nSPS) is 11.0. The van der Waals surface area contributed by atoms with Gasteiger partial charge in [-0.3, -0.25) is 0 Å². The smallest absolute Gasteiger partial charge is 0.328 e. The average molecular weight is 130 g/mol. The van der Waals surface area contributed by atoms with Crippen LogP contribution in [0.3, 0.4) is 0 Å². The van der Waals surface area contributed by atoms with Gasteiger partial charge in [-0.1, -0.05) is 0 Å². The Kier molecular flexibility index (Phi) is 2.52. The van der Waals surface area contributed by atoms with Crippen LogP contribution >= 0.6 is 0 Å². The molecule has 0 rings (SSSR count). The molecule has 0 aliphatic carbocycles. The lowest BCUT2D eigenvalue weighted by Gasteiger charge is -2.13. The standard InChI is InChI=1S/C6H12NO2/c1-4-9-5(8)6(2,3)7/h1,4,7H2,2-3H3/q+1. The zero-order valence-electron chi connectivity index (χ0n) is 5.81. The Morgan fingerprint density at radius 2 is 2.22 bits per heavy atom. The first kappa shape index (κ1) is 8.30. The highest BCUT2D eigenvalue weighted by atomic mass is 16.5. The van der Waals surface area contributed by atoms with Crippen LogP contribution < -0.4 is 5.73 Å². The van der Waals surface area contributed by atoms with Crippen LogP contribution in [0.2, 0.25) is 0 Å². The van der Waals surface area contributed by atoms with Crippen molar-refractivity contribution in [2.24, 2.45) is 5.73 Å². The molecule has 0 aromatic carbocycles. The first-order valence-corrected chi connectivity index (χ1v) is 2.74. The van der Waals surface area contributed by atoms with E-state index in [1.54, 1.807) is 13.8 Å². The number of carbonyl (C=O) groups excluding carboxylic acids is 1. The summed E-state index contributed by atoms with van der Waals surface area (Å²) in [6, 6.07) is 0. The number of hydrogen-bond donors (Lipinski definition) is 1. The van der Waals surface area contributed by atoms with Crippen molar-refractivity contribution >= 4 is 5.97 Å². The van der Waals surface area contributed by atoms with Crippen molar-refractivity contribution in [3.05, 3.63) is 6.92 Å². The van der Waals surface area contributed by atoms with Gasteiger partial charge in [0.15, 0.2) is 0 Å². The minimum Gasteiger partial charge on any atom is -0.422 e. The predicted octanol–water partition coefficient (Wildman–Crippen LogP) is 0.101. The van der Waals surface area contributed by atoms with Gasteiger partial charge >= 0.3 is 5.97 Å². The van der Waals surface area contributed by atoms with Gasteiger partial charge in [0.1, 0.15) is 12.5 Å². The topological polar surface area (TPSA) is 52.3 Å². The van der Waals surface area contributed by atoms with Crippen molar-refractivity contribution in [1.82, 2.24) is 0 Å². The Labute approximate surface area is 55.2 Å². The fourth-order valence-corrected chi connectivity index (χ4v) is 0.279. The minimum atomic E-state index is -0.891. The van der Waals surface area contributed by atoms with Crippen LogP contribution in [-0.2, 0) is 9.53 Å². The van der Waals surface area contributed by atoms with Crippen molar-refractivity contribution in [2.75, 3.05) is 6.61 Å².